The van der Waals surface area contributed by atoms with Crippen molar-refractivity contribution in [2.24, 2.45) is 0 Å². The molecule has 0 bridgehead atoms. The van der Waals surface area contributed by atoms with Crippen LogP contribution in [0.1, 0.15) is 0 Å². The lowest BCUT2D eigenvalue weighted by molar-refractivity contribution is 0.436. The number of benzene rings is 1. The Bertz CT molecular complexity index is 502. The summed E-state index contributed by atoms with van der Waals surface area (Å²) in [6.45, 7) is 0. The average molecular weight is 223 g/mol. The zero-order valence-electron chi connectivity index (χ0n) is 8.02. The van der Waals surface area contributed by atoms with Gasteiger partial charge in [0.1, 0.15) is 11.6 Å². The second kappa shape index (κ2) is 4.09. The molecule has 1 aromatic carbocycles. The van der Waals surface area contributed by atoms with Gasteiger partial charge >= 0.3 is 6.01 Å². The summed E-state index contributed by atoms with van der Waals surface area (Å²) in [6, 6.07) is 5.16. The molecule has 0 amide bonds. The molecule has 4 nitrogen and oxygen atoms in total. The van der Waals surface area contributed by atoms with E-state index in [-0.39, 0.29) is 17.6 Å². The molecule has 0 radical (unpaired) electrons. The van der Waals surface area contributed by atoms with Crippen molar-refractivity contribution in [1.29, 1.82) is 0 Å². The van der Waals surface area contributed by atoms with Crippen molar-refractivity contribution in [2.75, 3.05) is 5.73 Å². The maximum Gasteiger partial charge on any atom is 0.324 e. The molecule has 6 heteroatoms. The Kier molecular flexibility index (Phi) is 2.63. The highest BCUT2D eigenvalue weighted by Gasteiger charge is 2.05. The highest BCUT2D eigenvalue weighted by molar-refractivity contribution is 5.31. The fourth-order valence-electron chi connectivity index (χ4n) is 1.02. The Labute approximate surface area is 89.7 Å². The fourth-order valence-corrected chi connectivity index (χ4v) is 1.02. The van der Waals surface area contributed by atoms with Gasteiger partial charge in [-0.1, -0.05) is 0 Å². The van der Waals surface area contributed by atoms with E-state index in [0.29, 0.717) is 5.75 Å². The van der Waals surface area contributed by atoms with Gasteiger partial charge in [-0.15, -0.1) is 0 Å². The summed E-state index contributed by atoms with van der Waals surface area (Å²) >= 11 is 0. The van der Waals surface area contributed by atoms with E-state index in [4.69, 9.17) is 10.5 Å². The summed E-state index contributed by atoms with van der Waals surface area (Å²) in [4.78, 5) is 7.14. The van der Waals surface area contributed by atoms with Crippen molar-refractivity contribution in [3.05, 3.63) is 42.1 Å². The Balaban J connectivity index is 2.20. The Morgan fingerprint density at radius 1 is 1.12 bits per heavy atom. The average Bonchev–Trinajstić information content (AvgIpc) is 2.27. The zero-order valence-corrected chi connectivity index (χ0v) is 8.02. The second-order valence-electron chi connectivity index (χ2n) is 2.94. The number of hydrogen-bond acceptors (Lipinski definition) is 4. The summed E-state index contributed by atoms with van der Waals surface area (Å²) in [5.74, 6) is -1.06. The van der Waals surface area contributed by atoms with Crippen LogP contribution < -0.4 is 10.5 Å². The minimum Gasteiger partial charge on any atom is -0.424 e. The first kappa shape index (κ1) is 10.3. The van der Waals surface area contributed by atoms with E-state index < -0.39 is 5.82 Å². The zero-order chi connectivity index (χ0) is 11.5. The lowest BCUT2D eigenvalue weighted by Crippen LogP contribution is -1.99. The second-order valence-corrected chi connectivity index (χ2v) is 2.94. The SMILES string of the molecule is Nc1nc(Oc2ccc(F)cc2)ncc1F. The maximum absolute atomic E-state index is 12.7. The monoisotopic (exact) mass is 223 g/mol. The molecule has 0 aliphatic rings. The molecule has 0 fully saturated rings. The summed E-state index contributed by atoms with van der Waals surface area (Å²) in [6.07, 6.45) is 0.904. The highest BCUT2D eigenvalue weighted by Crippen LogP contribution is 2.18. The Morgan fingerprint density at radius 2 is 1.81 bits per heavy atom. The molecule has 0 aliphatic carbocycles. The molecular weight excluding hydrogens is 216 g/mol. The predicted octanol–water partition coefficient (Wildman–Crippen LogP) is 2.13. The predicted molar refractivity (Wildman–Crippen MR) is 52.9 cm³/mol. The molecule has 16 heavy (non-hydrogen) atoms. The van der Waals surface area contributed by atoms with Gasteiger partial charge in [-0.2, -0.15) is 4.98 Å². The Morgan fingerprint density at radius 3 is 2.44 bits per heavy atom. The number of nitrogens with two attached hydrogens (primary N) is 1. The molecular formula is C10H7F2N3O. The number of nitrogens with zero attached hydrogens (tertiary/aromatic N) is 2. The van der Waals surface area contributed by atoms with Crippen LogP contribution in [0.5, 0.6) is 11.8 Å². The van der Waals surface area contributed by atoms with E-state index in [1.165, 1.54) is 24.3 Å². The third-order valence-corrected chi connectivity index (χ3v) is 1.77. The molecule has 0 saturated carbocycles. The van der Waals surface area contributed by atoms with Crippen LogP contribution in [0.3, 0.4) is 0 Å². The lowest BCUT2D eigenvalue weighted by Gasteiger charge is -2.03. The standard InChI is InChI=1S/C10H7F2N3O/c11-6-1-3-7(4-2-6)16-10-14-5-8(12)9(13)15-10/h1-5H,(H2,13,14,15). The first-order chi connectivity index (χ1) is 7.65. The third kappa shape index (κ3) is 2.22. The summed E-state index contributed by atoms with van der Waals surface area (Å²) in [5, 5.41) is 0. The topological polar surface area (TPSA) is 61.0 Å². The summed E-state index contributed by atoms with van der Waals surface area (Å²) in [5.41, 5.74) is 5.23. The van der Waals surface area contributed by atoms with Gasteiger partial charge in [0.05, 0.1) is 6.20 Å². The van der Waals surface area contributed by atoms with Crippen LogP contribution in [-0.4, -0.2) is 9.97 Å². The van der Waals surface area contributed by atoms with Gasteiger partial charge in [-0.05, 0) is 24.3 Å². The first-order valence-electron chi connectivity index (χ1n) is 4.36. The van der Waals surface area contributed by atoms with Crippen LogP contribution in [0.4, 0.5) is 14.6 Å². The maximum atomic E-state index is 12.7. The van der Waals surface area contributed by atoms with Crippen LogP contribution in [0, 0.1) is 11.6 Å². The van der Waals surface area contributed by atoms with Crippen molar-refractivity contribution < 1.29 is 13.5 Å². The van der Waals surface area contributed by atoms with Crippen molar-refractivity contribution >= 4 is 5.82 Å². The van der Waals surface area contributed by atoms with E-state index in [1.54, 1.807) is 0 Å². The Hall–Kier alpha value is -2.24. The van der Waals surface area contributed by atoms with Crippen molar-refractivity contribution in [1.82, 2.24) is 9.97 Å². The third-order valence-electron chi connectivity index (χ3n) is 1.77. The fraction of sp³-hybridized carbons (Fsp3) is 0. The van der Waals surface area contributed by atoms with E-state index >= 15 is 0 Å². The smallest absolute Gasteiger partial charge is 0.324 e. The van der Waals surface area contributed by atoms with Crippen molar-refractivity contribution in [3.8, 4) is 11.8 Å². The number of hydrogen-bond donors (Lipinski definition) is 1. The minimum absolute atomic E-state index is 0.0921. The molecule has 1 aromatic heterocycles. The van der Waals surface area contributed by atoms with E-state index in [2.05, 4.69) is 9.97 Å². The molecule has 2 rings (SSSR count). The number of ether oxygens (including phenoxy) is 1. The van der Waals surface area contributed by atoms with Crippen LogP contribution in [-0.2, 0) is 0 Å². The van der Waals surface area contributed by atoms with Gasteiger partial charge in [0.2, 0.25) is 0 Å². The van der Waals surface area contributed by atoms with E-state index in [0.717, 1.165) is 6.20 Å². The van der Waals surface area contributed by atoms with Gasteiger partial charge in [0, 0.05) is 0 Å². The van der Waals surface area contributed by atoms with E-state index in [9.17, 15) is 8.78 Å². The number of nitrogen functional groups attached to an aromatic ring is 1. The molecule has 0 aliphatic heterocycles. The summed E-state index contributed by atoms with van der Waals surface area (Å²) in [7, 11) is 0. The molecule has 0 unspecified atom stereocenters. The van der Waals surface area contributed by atoms with Crippen molar-refractivity contribution in [3.63, 3.8) is 0 Å². The molecule has 82 valence electrons. The first-order valence-corrected chi connectivity index (χ1v) is 4.36. The number of anilines is 1. The van der Waals surface area contributed by atoms with Gasteiger partial charge in [-0.25, -0.2) is 13.8 Å². The molecule has 0 atom stereocenters. The van der Waals surface area contributed by atoms with E-state index in [1.807, 2.05) is 0 Å². The molecule has 2 aromatic rings. The normalized spacial score (nSPS) is 10.1. The van der Waals surface area contributed by atoms with Crippen molar-refractivity contribution in [2.45, 2.75) is 0 Å². The minimum atomic E-state index is -0.716. The van der Waals surface area contributed by atoms with Crippen LogP contribution in [0.2, 0.25) is 0 Å². The van der Waals surface area contributed by atoms with Gasteiger partial charge in [0.15, 0.2) is 11.6 Å². The number of rotatable bonds is 2. The largest absolute Gasteiger partial charge is 0.424 e. The van der Waals surface area contributed by atoms with Crippen LogP contribution >= 0.6 is 0 Å². The van der Waals surface area contributed by atoms with Gasteiger partial charge < -0.3 is 10.5 Å². The van der Waals surface area contributed by atoms with Crippen LogP contribution in [0.15, 0.2) is 30.5 Å². The van der Waals surface area contributed by atoms with Gasteiger partial charge in [0.25, 0.3) is 0 Å². The van der Waals surface area contributed by atoms with Crippen LogP contribution in [0.25, 0.3) is 0 Å². The lowest BCUT2D eigenvalue weighted by atomic mass is 10.3. The number of halogens is 2. The van der Waals surface area contributed by atoms with Gasteiger partial charge in [-0.3, -0.25) is 0 Å². The quantitative estimate of drug-likeness (QED) is 0.847. The summed E-state index contributed by atoms with van der Waals surface area (Å²) < 4.78 is 30.5. The molecule has 0 spiro atoms. The molecule has 2 N–H and O–H groups in total. The molecule has 1 heterocycles. The molecule has 0 saturated heterocycles. The number of aromatic nitrogens is 2. The highest BCUT2D eigenvalue weighted by atomic mass is 19.1.